The van der Waals surface area contributed by atoms with Gasteiger partial charge in [-0.15, -0.1) is 0 Å². The van der Waals surface area contributed by atoms with Gasteiger partial charge in [-0.3, -0.25) is 9.89 Å². The molecule has 2 saturated heterocycles. The summed E-state index contributed by atoms with van der Waals surface area (Å²) in [6.07, 6.45) is 1.16. The first-order valence-electron chi connectivity index (χ1n) is 7.21. The molecule has 2 aliphatic rings. The predicted molar refractivity (Wildman–Crippen MR) is 82.1 cm³/mol. The van der Waals surface area contributed by atoms with Crippen molar-refractivity contribution in [2.45, 2.75) is 6.42 Å². The summed E-state index contributed by atoms with van der Waals surface area (Å²) < 4.78 is 5.37. The van der Waals surface area contributed by atoms with E-state index in [4.69, 9.17) is 4.74 Å². The zero-order valence-corrected chi connectivity index (χ0v) is 12.7. The number of nitrogens with zero attached hydrogens (tertiary/aromatic N) is 2. The Morgan fingerprint density at radius 3 is 2.89 bits per heavy atom. The fourth-order valence-electron chi connectivity index (χ4n) is 2.36. The molecule has 2 aliphatic heterocycles. The summed E-state index contributed by atoms with van der Waals surface area (Å²) in [6.45, 7) is 7.26. The summed E-state index contributed by atoms with van der Waals surface area (Å²) in [5.74, 6) is 4.10. The van der Waals surface area contributed by atoms with Crippen LogP contribution in [0, 0.1) is 5.92 Å². The lowest BCUT2D eigenvalue weighted by Gasteiger charge is -2.26. The van der Waals surface area contributed by atoms with E-state index >= 15 is 0 Å². The number of thioether (sulfide) groups is 1. The molecule has 110 valence electrons. The van der Waals surface area contributed by atoms with Gasteiger partial charge in [0.05, 0.1) is 6.61 Å². The molecule has 6 heteroatoms. The molecule has 1 atom stereocenters. The molecular weight excluding hydrogens is 260 g/mol. The highest BCUT2D eigenvalue weighted by Crippen LogP contribution is 2.10. The van der Waals surface area contributed by atoms with Crippen LogP contribution in [0.2, 0.25) is 0 Å². The molecule has 2 fully saturated rings. The maximum Gasteiger partial charge on any atom is 0.191 e. The zero-order chi connectivity index (χ0) is 13.3. The van der Waals surface area contributed by atoms with Crippen LogP contribution in [0.15, 0.2) is 4.99 Å². The van der Waals surface area contributed by atoms with E-state index in [2.05, 4.69) is 32.3 Å². The summed E-state index contributed by atoms with van der Waals surface area (Å²) in [7, 11) is 1.83. The highest BCUT2D eigenvalue weighted by molar-refractivity contribution is 7.99. The molecule has 5 nitrogen and oxygen atoms in total. The van der Waals surface area contributed by atoms with Crippen molar-refractivity contribution in [1.29, 1.82) is 0 Å². The molecule has 0 aromatic rings. The number of hydrogen-bond donors (Lipinski definition) is 2. The Morgan fingerprint density at radius 1 is 1.37 bits per heavy atom. The van der Waals surface area contributed by atoms with Crippen molar-refractivity contribution in [3.05, 3.63) is 0 Å². The third-order valence-electron chi connectivity index (χ3n) is 3.63. The van der Waals surface area contributed by atoms with Crippen molar-refractivity contribution in [1.82, 2.24) is 15.5 Å². The van der Waals surface area contributed by atoms with Crippen molar-refractivity contribution in [3.8, 4) is 0 Å². The normalized spacial score (nSPS) is 25.5. The van der Waals surface area contributed by atoms with Crippen molar-refractivity contribution in [2.75, 3.05) is 64.5 Å². The fourth-order valence-corrected chi connectivity index (χ4v) is 3.34. The summed E-state index contributed by atoms with van der Waals surface area (Å²) in [6, 6.07) is 0. The second-order valence-corrected chi connectivity index (χ2v) is 6.29. The molecule has 0 saturated carbocycles. The van der Waals surface area contributed by atoms with Crippen LogP contribution in [0.4, 0.5) is 0 Å². The van der Waals surface area contributed by atoms with Crippen LogP contribution in [0.3, 0.4) is 0 Å². The maximum atomic E-state index is 5.37. The van der Waals surface area contributed by atoms with E-state index in [1.54, 1.807) is 0 Å². The smallest absolute Gasteiger partial charge is 0.191 e. The van der Waals surface area contributed by atoms with Crippen molar-refractivity contribution in [3.63, 3.8) is 0 Å². The Labute approximate surface area is 120 Å². The Kier molecular flexibility index (Phi) is 6.81. The quantitative estimate of drug-likeness (QED) is 0.560. The van der Waals surface area contributed by atoms with Crippen molar-refractivity contribution < 1.29 is 4.74 Å². The maximum absolute atomic E-state index is 5.37. The third kappa shape index (κ3) is 5.58. The van der Waals surface area contributed by atoms with Crippen LogP contribution in [-0.2, 0) is 4.74 Å². The SMILES string of the molecule is CN=C(NCCN1CCSCC1)NCC1CCOC1. The number of rotatable bonds is 5. The second-order valence-electron chi connectivity index (χ2n) is 5.06. The lowest BCUT2D eigenvalue weighted by atomic mass is 10.1. The second kappa shape index (κ2) is 8.66. The molecule has 2 heterocycles. The van der Waals surface area contributed by atoms with E-state index in [9.17, 15) is 0 Å². The fraction of sp³-hybridized carbons (Fsp3) is 0.923. The molecule has 0 aromatic heterocycles. The summed E-state index contributed by atoms with van der Waals surface area (Å²) in [5, 5.41) is 6.78. The Balaban J connectivity index is 1.56. The minimum absolute atomic E-state index is 0.637. The Morgan fingerprint density at radius 2 is 2.21 bits per heavy atom. The molecule has 2 N–H and O–H groups in total. The first kappa shape index (κ1) is 14.9. The van der Waals surface area contributed by atoms with Gasteiger partial charge in [-0.05, 0) is 6.42 Å². The molecule has 0 spiro atoms. The lowest BCUT2D eigenvalue weighted by Crippen LogP contribution is -2.44. The van der Waals surface area contributed by atoms with Gasteiger partial charge in [0.15, 0.2) is 5.96 Å². The first-order chi connectivity index (χ1) is 9.38. The standard InChI is InChI=1S/C13H26N4OS/c1-14-13(16-10-12-2-7-18-11-12)15-3-4-17-5-8-19-9-6-17/h12H,2-11H2,1H3,(H2,14,15,16). The van der Waals surface area contributed by atoms with Crippen LogP contribution < -0.4 is 10.6 Å². The first-order valence-corrected chi connectivity index (χ1v) is 8.36. The molecule has 19 heavy (non-hydrogen) atoms. The molecule has 0 aliphatic carbocycles. The van der Waals surface area contributed by atoms with E-state index in [1.165, 1.54) is 24.6 Å². The van der Waals surface area contributed by atoms with Gasteiger partial charge in [0.25, 0.3) is 0 Å². The number of hydrogen-bond acceptors (Lipinski definition) is 4. The van der Waals surface area contributed by atoms with Gasteiger partial charge in [-0.1, -0.05) is 0 Å². The Hall–Kier alpha value is -0.460. The number of nitrogens with one attached hydrogen (secondary N) is 2. The van der Waals surface area contributed by atoms with Crippen molar-refractivity contribution >= 4 is 17.7 Å². The van der Waals surface area contributed by atoms with Gasteiger partial charge >= 0.3 is 0 Å². The monoisotopic (exact) mass is 286 g/mol. The number of guanidine groups is 1. The summed E-state index contributed by atoms with van der Waals surface area (Å²) in [4.78, 5) is 6.78. The van der Waals surface area contributed by atoms with Crippen LogP contribution in [-0.4, -0.2) is 75.4 Å². The predicted octanol–water partition coefficient (Wildman–Crippen LogP) is 0.237. The average molecular weight is 286 g/mol. The molecule has 0 bridgehead atoms. The number of ether oxygens (including phenoxy) is 1. The largest absolute Gasteiger partial charge is 0.381 e. The van der Waals surface area contributed by atoms with E-state index in [-0.39, 0.29) is 0 Å². The average Bonchev–Trinajstić information content (AvgIpc) is 2.97. The minimum Gasteiger partial charge on any atom is -0.381 e. The van der Waals surface area contributed by atoms with Gasteiger partial charge in [0.2, 0.25) is 0 Å². The molecule has 0 amide bonds. The van der Waals surface area contributed by atoms with Crippen LogP contribution in [0.5, 0.6) is 0 Å². The summed E-state index contributed by atoms with van der Waals surface area (Å²) in [5.41, 5.74) is 0. The third-order valence-corrected chi connectivity index (χ3v) is 4.57. The number of aliphatic imine (C=N–C) groups is 1. The van der Waals surface area contributed by atoms with Crippen LogP contribution in [0.25, 0.3) is 0 Å². The van der Waals surface area contributed by atoms with E-state index in [1.807, 2.05) is 7.05 Å². The molecule has 1 unspecified atom stereocenters. The lowest BCUT2D eigenvalue weighted by molar-refractivity contribution is 0.186. The summed E-state index contributed by atoms with van der Waals surface area (Å²) >= 11 is 2.06. The highest BCUT2D eigenvalue weighted by atomic mass is 32.2. The van der Waals surface area contributed by atoms with E-state index < -0.39 is 0 Å². The highest BCUT2D eigenvalue weighted by Gasteiger charge is 2.15. The molecular formula is C13H26N4OS. The Bertz CT molecular complexity index is 276. The van der Waals surface area contributed by atoms with Gasteiger partial charge in [-0.25, -0.2) is 0 Å². The van der Waals surface area contributed by atoms with Gasteiger partial charge < -0.3 is 15.4 Å². The zero-order valence-electron chi connectivity index (χ0n) is 11.9. The van der Waals surface area contributed by atoms with Crippen LogP contribution in [0.1, 0.15) is 6.42 Å². The van der Waals surface area contributed by atoms with E-state index in [0.29, 0.717) is 5.92 Å². The van der Waals surface area contributed by atoms with Crippen LogP contribution >= 0.6 is 11.8 Å². The van der Waals surface area contributed by atoms with Gasteiger partial charge in [0.1, 0.15) is 0 Å². The van der Waals surface area contributed by atoms with Gasteiger partial charge in [0, 0.05) is 63.8 Å². The van der Waals surface area contributed by atoms with Crippen molar-refractivity contribution in [2.24, 2.45) is 10.9 Å². The van der Waals surface area contributed by atoms with E-state index in [0.717, 1.165) is 45.2 Å². The topological polar surface area (TPSA) is 48.9 Å². The molecule has 2 rings (SSSR count). The molecule has 0 aromatic carbocycles. The minimum atomic E-state index is 0.637. The van der Waals surface area contributed by atoms with Gasteiger partial charge in [-0.2, -0.15) is 11.8 Å². The molecule has 0 radical (unpaired) electrons.